The van der Waals surface area contributed by atoms with Crippen molar-refractivity contribution >= 4 is 11.3 Å². The van der Waals surface area contributed by atoms with Gasteiger partial charge in [-0.15, -0.1) is 11.3 Å². The van der Waals surface area contributed by atoms with E-state index in [9.17, 15) is 5.11 Å². The van der Waals surface area contributed by atoms with E-state index in [1.807, 2.05) is 0 Å². The zero-order chi connectivity index (χ0) is 13.7. The molecule has 0 aromatic carbocycles. The van der Waals surface area contributed by atoms with Gasteiger partial charge in [0.2, 0.25) is 0 Å². The van der Waals surface area contributed by atoms with Crippen molar-refractivity contribution < 1.29 is 9.84 Å². The Kier molecular flexibility index (Phi) is 5.39. The summed E-state index contributed by atoms with van der Waals surface area (Å²) in [6.45, 7) is 7.79. The highest BCUT2D eigenvalue weighted by Gasteiger charge is 2.37. The molecule has 1 aromatic rings. The average molecular weight is 283 g/mol. The first-order chi connectivity index (χ1) is 9.16. The maximum atomic E-state index is 10.6. The Hall–Kier alpha value is -0.420. The van der Waals surface area contributed by atoms with Crippen molar-refractivity contribution in [3.63, 3.8) is 0 Å². The number of hydrogen-bond acceptors (Lipinski definition) is 4. The van der Waals surface area contributed by atoms with Crippen LogP contribution in [0.25, 0.3) is 0 Å². The third kappa shape index (κ3) is 3.57. The van der Waals surface area contributed by atoms with Gasteiger partial charge in [0.15, 0.2) is 0 Å². The second-order valence-electron chi connectivity index (χ2n) is 5.44. The number of aliphatic hydroxyl groups excluding tert-OH is 1. The Bertz CT molecular complexity index is 362. The maximum absolute atomic E-state index is 10.6. The molecule has 1 aliphatic heterocycles. The zero-order valence-electron chi connectivity index (χ0n) is 12.0. The van der Waals surface area contributed by atoms with Gasteiger partial charge in [0.05, 0.1) is 19.3 Å². The molecule has 1 aromatic heterocycles. The molecular formula is C15H25NO2S. The van der Waals surface area contributed by atoms with E-state index in [0.717, 1.165) is 45.6 Å². The van der Waals surface area contributed by atoms with Gasteiger partial charge >= 0.3 is 0 Å². The summed E-state index contributed by atoms with van der Waals surface area (Å²) in [5.74, 6) is 0. The minimum atomic E-state index is -0.280. The largest absolute Gasteiger partial charge is 0.391 e. The molecule has 0 aliphatic carbocycles. The summed E-state index contributed by atoms with van der Waals surface area (Å²) < 4.78 is 5.42. The van der Waals surface area contributed by atoms with Crippen LogP contribution in [-0.2, 0) is 11.2 Å². The lowest BCUT2D eigenvalue weighted by Crippen LogP contribution is -2.57. The summed E-state index contributed by atoms with van der Waals surface area (Å²) in [5, 5.41) is 12.7. The lowest BCUT2D eigenvalue weighted by molar-refractivity contribution is -0.0737. The summed E-state index contributed by atoms with van der Waals surface area (Å²) in [4.78, 5) is 3.76. The molecule has 2 heterocycles. The van der Waals surface area contributed by atoms with Gasteiger partial charge in [0.1, 0.15) is 0 Å². The van der Waals surface area contributed by atoms with Gasteiger partial charge in [-0.25, -0.2) is 0 Å². The molecule has 1 saturated heterocycles. The first kappa shape index (κ1) is 15.0. The molecule has 2 unspecified atom stereocenters. The number of hydrogen-bond donors (Lipinski definition) is 1. The topological polar surface area (TPSA) is 32.7 Å². The zero-order valence-corrected chi connectivity index (χ0v) is 12.8. The number of thiophene rings is 1. The lowest BCUT2D eigenvalue weighted by Gasteiger charge is -2.46. The van der Waals surface area contributed by atoms with Crippen LogP contribution in [0.4, 0.5) is 0 Å². The van der Waals surface area contributed by atoms with Crippen LogP contribution < -0.4 is 0 Å². The molecule has 19 heavy (non-hydrogen) atoms. The van der Waals surface area contributed by atoms with Crippen molar-refractivity contribution in [2.24, 2.45) is 0 Å². The summed E-state index contributed by atoms with van der Waals surface area (Å²) in [6, 6.07) is 4.22. The van der Waals surface area contributed by atoms with E-state index < -0.39 is 0 Å². The molecule has 2 rings (SSSR count). The summed E-state index contributed by atoms with van der Waals surface area (Å²) in [7, 11) is 0. The fourth-order valence-corrected chi connectivity index (χ4v) is 3.51. The Labute approximate surface area is 120 Å². The van der Waals surface area contributed by atoms with Crippen LogP contribution in [0.15, 0.2) is 17.5 Å². The number of aryl methyl sites for hydroxylation is 1. The second-order valence-corrected chi connectivity index (χ2v) is 6.48. The molecule has 3 nitrogen and oxygen atoms in total. The number of nitrogens with zero attached hydrogens (tertiary/aromatic N) is 1. The highest BCUT2D eigenvalue weighted by molar-refractivity contribution is 7.09. The first-order valence-corrected chi connectivity index (χ1v) is 8.08. The van der Waals surface area contributed by atoms with Gasteiger partial charge in [0, 0.05) is 23.5 Å². The molecule has 1 aliphatic rings. The predicted molar refractivity (Wildman–Crippen MR) is 79.7 cm³/mol. The fourth-order valence-electron chi connectivity index (χ4n) is 2.79. The standard InChI is InChI=1S/C15H25NO2S/c1-3-15(2,16-8-10-18-11-9-16)14(17)7-6-13-5-4-12-19-13/h4-5,12,14,17H,3,6-11H2,1-2H3. The summed E-state index contributed by atoms with van der Waals surface area (Å²) in [5.41, 5.74) is -0.124. The Morgan fingerprint density at radius 2 is 2.21 bits per heavy atom. The van der Waals surface area contributed by atoms with Crippen molar-refractivity contribution in [2.45, 2.75) is 44.8 Å². The lowest BCUT2D eigenvalue weighted by atomic mass is 9.86. The number of morpholine rings is 1. The van der Waals surface area contributed by atoms with Gasteiger partial charge in [-0.3, -0.25) is 4.90 Å². The maximum Gasteiger partial charge on any atom is 0.0724 e. The number of ether oxygens (including phenoxy) is 1. The van der Waals surface area contributed by atoms with Crippen molar-refractivity contribution in [2.75, 3.05) is 26.3 Å². The molecule has 1 N–H and O–H groups in total. The van der Waals surface area contributed by atoms with Crippen molar-refractivity contribution in [3.8, 4) is 0 Å². The van der Waals surface area contributed by atoms with E-state index in [1.54, 1.807) is 11.3 Å². The van der Waals surface area contributed by atoms with E-state index in [-0.39, 0.29) is 11.6 Å². The highest BCUT2D eigenvalue weighted by atomic mass is 32.1. The van der Waals surface area contributed by atoms with Gasteiger partial charge < -0.3 is 9.84 Å². The summed E-state index contributed by atoms with van der Waals surface area (Å²) >= 11 is 1.77. The van der Waals surface area contributed by atoms with E-state index in [1.165, 1.54) is 4.88 Å². The fraction of sp³-hybridized carbons (Fsp3) is 0.733. The van der Waals surface area contributed by atoms with E-state index >= 15 is 0 Å². The molecule has 0 saturated carbocycles. The molecule has 0 amide bonds. The van der Waals surface area contributed by atoms with Gasteiger partial charge in [-0.2, -0.15) is 0 Å². The molecule has 0 bridgehead atoms. The second kappa shape index (κ2) is 6.84. The first-order valence-electron chi connectivity index (χ1n) is 7.20. The van der Waals surface area contributed by atoms with Crippen LogP contribution in [0.2, 0.25) is 0 Å². The SMILES string of the molecule is CCC(C)(C(O)CCc1cccs1)N1CCOCC1. The smallest absolute Gasteiger partial charge is 0.0724 e. The third-order valence-corrected chi connectivity index (χ3v) is 5.35. The van der Waals surface area contributed by atoms with Crippen LogP contribution in [-0.4, -0.2) is 48.0 Å². The Morgan fingerprint density at radius 3 is 2.79 bits per heavy atom. The molecular weight excluding hydrogens is 258 g/mol. The molecule has 1 fully saturated rings. The van der Waals surface area contributed by atoms with Gasteiger partial charge in [0.25, 0.3) is 0 Å². The van der Waals surface area contributed by atoms with E-state index in [0.29, 0.717) is 0 Å². The van der Waals surface area contributed by atoms with Gasteiger partial charge in [-0.05, 0) is 37.6 Å². The summed E-state index contributed by atoms with van der Waals surface area (Å²) in [6.07, 6.45) is 2.50. The quantitative estimate of drug-likeness (QED) is 0.871. The van der Waals surface area contributed by atoms with Crippen molar-refractivity contribution in [3.05, 3.63) is 22.4 Å². The van der Waals surface area contributed by atoms with E-state index in [2.05, 4.69) is 36.3 Å². The van der Waals surface area contributed by atoms with Crippen molar-refractivity contribution in [1.29, 1.82) is 0 Å². The molecule has 0 radical (unpaired) electrons. The Balaban J connectivity index is 1.94. The third-order valence-electron chi connectivity index (χ3n) is 4.41. The Morgan fingerprint density at radius 1 is 1.47 bits per heavy atom. The van der Waals surface area contributed by atoms with Crippen molar-refractivity contribution in [1.82, 2.24) is 4.90 Å². The normalized spacial score (nSPS) is 22.1. The van der Waals surface area contributed by atoms with Crippen LogP contribution >= 0.6 is 11.3 Å². The van der Waals surface area contributed by atoms with Crippen LogP contribution in [0.1, 0.15) is 31.6 Å². The molecule has 2 atom stereocenters. The van der Waals surface area contributed by atoms with Crippen LogP contribution in [0.3, 0.4) is 0 Å². The predicted octanol–water partition coefficient (Wildman–Crippen LogP) is 2.54. The number of rotatable bonds is 6. The highest BCUT2D eigenvalue weighted by Crippen LogP contribution is 2.28. The monoisotopic (exact) mass is 283 g/mol. The minimum Gasteiger partial charge on any atom is -0.391 e. The van der Waals surface area contributed by atoms with E-state index in [4.69, 9.17) is 4.74 Å². The van der Waals surface area contributed by atoms with Gasteiger partial charge in [-0.1, -0.05) is 13.0 Å². The van der Waals surface area contributed by atoms with Crippen LogP contribution in [0, 0.1) is 0 Å². The molecule has 4 heteroatoms. The number of aliphatic hydroxyl groups is 1. The molecule has 0 spiro atoms. The average Bonchev–Trinajstić information content (AvgIpc) is 2.98. The van der Waals surface area contributed by atoms with Crippen LogP contribution in [0.5, 0.6) is 0 Å². The minimum absolute atomic E-state index is 0.124. The molecule has 108 valence electrons.